The second-order valence-corrected chi connectivity index (χ2v) is 4.12. The van der Waals surface area contributed by atoms with E-state index in [1.54, 1.807) is 6.07 Å². The Morgan fingerprint density at radius 2 is 1.88 bits per heavy atom. The minimum atomic E-state index is -0.824. The van der Waals surface area contributed by atoms with Gasteiger partial charge in [-0.1, -0.05) is 29.3 Å². The van der Waals surface area contributed by atoms with Crippen molar-refractivity contribution < 1.29 is 14.4 Å². The maximum Gasteiger partial charge on any atom is 0.335 e. The molecule has 0 unspecified atom stereocenters. The summed E-state index contributed by atoms with van der Waals surface area (Å²) in [4.78, 5) is 34.9. The van der Waals surface area contributed by atoms with Crippen molar-refractivity contribution in [1.82, 2.24) is 5.32 Å². The molecule has 17 heavy (non-hydrogen) atoms. The molecule has 0 spiro atoms. The molecule has 1 aromatic rings. The van der Waals surface area contributed by atoms with Crippen LogP contribution in [0, 0.1) is 0 Å². The van der Waals surface area contributed by atoms with Crippen LogP contribution < -0.4 is 10.2 Å². The van der Waals surface area contributed by atoms with Gasteiger partial charge in [0.25, 0.3) is 0 Å². The largest absolute Gasteiger partial charge is 0.335 e. The number of benzene rings is 1. The second-order valence-electron chi connectivity index (χ2n) is 3.33. The standard InChI is InChI=1S/C10H6Cl2N2O3/c11-5-2-1-3-6(9(5)12)14-8(16)4-7(15)13-10(14)17/h1-3H,4H2,(H,13,15,17). The van der Waals surface area contributed by atoms with E-state index < -0.39 is 24.3 Å². The summed E-state index contributed by atoms with van der Waals surface area (Å²) in [7, 11) is 0. The quantitative estimate of drug-likeness (QED) is 0.795. The summed E-state index contributed by atoms with van der Waals surface area (Å²) >= 11 is 11.7. The Kier molecular flexibility index (Phi) is 3.04. The van der Waals surface area contributed by atoms with Crippen molar-refractivity contribution in [2.24, 2.45) is 0 Å². The first-order chi connectivity index (χ1) is 8.00. The Hall–Kier alpha value is -1.59. The summed E-state index contributed by atoms with van der Waals surface area (Å²) in [5.41, 5.74) is 0.161. The highest BCUT2D eigenvalue weighted by Gasteiger charge is 2.33. The number of nitrogens with zero attached hydrogens (tertiary/aromatic N) is 1. The summed E-state index contributed by atoms with van der Waals surface area (Å²) in [5.74, 6) is -1.27. The van der Waals surface area contributed by atoms with E-state index in [4.69, 9.17) is 23.2 Å². The Bertz CT molecular complexity index is 510. The smallest absolute Gasteiger partial charge is 0.277 e. The van der Waals surface area contributed by atoms with Crippen LogP contribution in [-0.4, -0.2) is 17.8 Å². The number of rotatable bonds is 1. The Balaban J connectivity index is 2.46. The van der Waals surface area contributed by atoms with Gasteiger partial charge in [-0.25, -0.2) is 9.69 Å². The Morgan fingerprint density at radius 1 is 1.18 bits per heavy atom. The molecule has 0 aliphatic carbocycles. The predicted octanol–water partition coefficient (Wildman–Crippen LogP) is 1.97. The molecule has 0 saturated carbocycles. The molecule has 1 fully saturated rings. The monoisotopic (exact) mass is 272 g/mol. The van der Waals surface area contributed by atoms with E-state index in [2.05, 4.69) is 0 Å². The number of anilines is 1. The highest BCUT2D eigenvalue weighted by Crippen LogP contribution is 2.33. The zero-order valence-electron chi connectivity index (χ0n) is 8.37. The topological polar surface area (TPSA) is 66.5 Å². The molecule has 1 N–H and O–H groups in total. The van der Waals surface area contributed by atoms with Crippen molar-refractivity contribution >= 4 is 46.7 Å². The number of nitrogens with one attached hydrogen (secondary N) is 1. The van der Waals surface area contributed by atoms with E-state index in [0.717, 1.165) is 4.90 Å². The molecule has 1 aliphatic rings. The van der Waals surface area contributed by atoms with E-state index in [-0.39, 0.29) is 15.7 Å². The normalized spacial score (nSPS) is 16.1. The second kappa shape index (κ2) is 4.35. The molecule has 5 nitrogen and oxygen atoms in total. The van der Waals surface area contributed by atoms with Crippen molar-refractivity contribution in [3.63, 3.8) is 0 Å². The van der Waals surface area contributed by atoms with Gasteiger partial charge in [-0.3, -0.25) is 14.9 Å². The van der Waals surface area contributed by atoms with E-state index in [0.29, 0.717) is 0 Å². The van der Waals surface area contributed by atoms with E-state index in [9.17, 15) is 14.4 Å². The van der Waals surface area contributed by atoms with Gasteiger partial charge in [0, 0.05) is 0 Å². The minimum absolute atomic E-state index is 0.0898. The Labute approximate surface area is 106 Å². The fraction of sp³-hybridized carbons (Fsp3) is 0.100. The maximum absolute atomic E-state index is 11.6. The highest BCUT2D eigenvalue weighted by molar-refractivity contribution is 6.45. The first kappa shape index (κ1) is 11.9. The number of imide groups is 2. The van der Waals surface area contributed by atoms with Crippen LogP contribution in [0.15, 0.2) is 18.2 Å². The molecule has 1 aliphatic heterocycles. The van der Waals surface area contributed by atoms with Gasteiger partial charge in [-0.05, 0) is 12.1 Å². The number of carbonyl (C=O) groups excluding carboxylic acids is 3. The fourth-order valence-electron chi connectivity index (χ4n) is 1.46. The molecule has 7 heteroatoms. The van der Waals surface area contributed by atoms with Gasteiger partial charge >= 0.3 is 6.03 Å². The molecule has 4 amide bonds. The number of halogens is 2. The van der Waals surface area contributed by atoms with Crippen LogP contribution in [0.5, 0.6) is 0 Å². The van der Waals surface area contributed by atoms with E-state index in [1.807, 2.05) is 5.32 Å². The van der Waals surface area contributed by atoms with Crippen molar-refractivity contribution in [3.05, 3.63) is 28.2 Å². The molecule has 0 aromatic heterocycles. The molecule has 1 saturated heterocycles. The van der Waals surface area contributed by atoms with Gasteiger partial charge in [0.1, 0.15) is 6.42 Å². The van der Waals surface area contributed by atoms with Crippen LogP contribution in [0.4, 0.5) is 10.5 Å². The van der Waals surface area contributed by atoms with Gasteiger partial charge in [0.15, 0.2) is 0 Å². The van der Waals surface area contributed by atoms with Gasteiger partial charge in [0.2, 0.25) is 11.8 Å². The zero-order chi connectivity index (χ0) is 12.6. The van der Waals surface area contributed by atoms with Crippen molar-refractivity contribution in [2.75, 3.05) is 4.90 Å². The van der Waals surface area contributed by atoms with Gasteiger partial charge in [-0.2, -0.15) is 0 Å². The third kappa shape index (κ3) is 2.11. The van der Waals surface area contributed by atoms with Crippen molar-refractivity contribution in [1.29, 1.82) is 0 Å². The van der Waals surface area contributed by atoms with E-state index in [1.165, 1.54) is 12.1 Å². The van der Waals surface area contributed by atoms with Gasteiger partial charge < -0.3 is 0 Å². The number of barbiturate groups is 1. The van der Waals surface area contributed by atoms with Gasteiger partial charge in [0.05, 0.1) is 15.7 Å². The number of hydrogen-bond donors (Lipinski definition) is 1. The maximum atomic E-state index is 11.6. The number of hydrogen-bond acceptors (Lipinski definition) is 3. The average molecular weight is 273 g/mol. The van der Waals surface area contributed by atoms with Crippen LogP contribution >= 0.6 is 23.2 Å². The van der Waals surface area contributed by atoms with Crippen LogP contribution in [0.1, 0.15) is 6.42 Å². The summed E-state index contributed by atoms with van der Waals surface area (Å²) in [6.45, 7) is 0. The third-order valence-corrected chi connectivity index (χ3v) is 2.99. The summed E-state index contributed by atoms with van der Waals surface area (Å²) in [6, 6.07) is 3.74. The molecule has 1 aromatic carbocycles. The Morgan fingerprint density at radius 3 is 2.53 bits per heavy atom. The van der Waals surface area contributed by atoms with Crippen molar-refractivity contribution in [3.8, 4) is 0 Å². The summed E-state index contributed by atoms with van der Waals surface area (Å²) < 4.78 is 0. The van der Waals surface area contributed by atoms with Crippen LogP contribution in [0.3, 0.4) is 0 Å². The van der Waals surface area contributed by atoms with Crippen molar-refractivity contribution in [2.45, 2.75) is 6.42 Å². The van der Waals surface area contributed by atoms with Crippen LogP contribution in [0.25, 0.3) is 0 Å². The molecule has 0 atom stereocenters. The van der Waals surface area contributed by atoms with E-state index >= 15 is 0 Å². The lowest BCUT2D eigenvalue weighted by Crippen LogP contribution is -2.53. The first-order valence-electron chi connectivity index (χ1n) is 4.61. The average Bonchev–Trinajstić information content (AvgIpc) is 2.23. The lowest BCUT2D eigenvalue weighted by Gasteiger charge is -2.25. The molecule has 2 rings (SSSR count). The third-order valence-electron chi connectivity index (χ3n) is 2.18. The molecule has 0 bridgehead atoms. The predicted molar refractivity (Wildman–Crippen MR) is 62.1 cm³/mol. The number of urea groups is 1. The minimum Gasteiger partial charge on any atom is -0.277 e. The number of amides is 4. The molecular weight excluding hydrogens is 267 g/mol. The van der Waals surface area contributed by atoms with Crippen LogP contribution in [0.2, 0.25) is 10.0 Å². The number of carbonyl (C=O) groups is 3. The molecule has 0 radical (unpaired) electrons. The molecule has 88 valence electrons. The molecular formula is C10H6Cl2N2O3. The fourth-order valence-corrected chi connectivity index (χ4v) is 1.84. The zero-order valence-corrected chi connectivity index (χ0v) is 9.88. The summed E-state index contributed by atoms with van der Waals surface area (Å²) in [6.07, 6.45) is -0.394. The lowest BCUT2D eigenvalue weighted by atomic mass is 10.2. The van der Waals surface area contributed by atoms with Gasteiger partial charge in [-0.15, -0.1) is 0 Å². The first-order valence-corrected chi connectivity index (χ1v) is 5.37. The van der Waals surface area contributed by atoms with Crippen LogP contribution in [-0.2, 0) is 9.59 Å². The lowest BCUT2D eigenvalue weighted by molar-refractivity contribution is -0.128. The highest BCUT2D eigenvalue weighted by atomic mass is 35.5. The molecule has 1 heterocycles. The SMILES string of the molecule is O=C1CC(=O)N(c2cccc(Cl)c2Cl)C(=O)N1. The summed E-state index contributed by atoms with van der Waals surface area (Å²) in [5, 5.41) is 2.34.